The molecule has 0 atom stereocenters. The Morgan fingerprint density at radius 2 is 1.86 bits per heavy atom. The quantitative estimate of drug-likeness (QED) is 0.860. The van der Waals surface area contributed by atoms with E-state index in [4.69, 9.17) is 4.98 Å². The van der Waals surface area contributed by atoms with Crippen LogP contribution in [0.4, 0.5) is 11.4 Å². The van der Waals surface area contributed by atoms with Crippen LogP contribution in [0.1, 0.15) is 44.2 Å². The average Bonchev–Trinajstić information content (AvgIpc) is 3.53. The monoisotopic (exact) mass is 393 g/mol. The zero-order valence-corrected chi connectivity index (χ0v) is 17.4. The first kappa shape index (κ1) is 18.7. The number of rotatable bonds is 4. The van der Waals surface area contributed by atoms with Gasteiger partial charge in [0.2, 0.25) is 5.91 Å². The van der Waals surface area contributed by atoms with Crippen LogP contribution in [0.15, 0.2) is 24.4 Å². The van der Waals surface area contributed by atoms with Gasteiger partial charge >= 0.3 is 0 Å². The first-order chi connectivity index (χ1) is 14.2. The number of carbonyl (C=O) groups is 1. The predicted molar refractivity (Wildman–Crippen MR) is 116 cm³/mol. The van der Waals surface area contributed by atoms with E-state index in [2.05, 4.69) is 38.9 Å². The summed E-state index contributed by atoms with van der Waals surface area (Å²) >= 11 is 0. The molecule has 3 heterocycles. The number of anilines is 2. The highest BCUT2D eigenvalue weighted by atomic mass is 16.2. The van der Waals surface area contributed by atoms with Crippen molar-refractivity contribution >= 4 is 17.3 Å². The van der Waals surface area contributed by atoms with E-state index in [1.54, 1.807) is 0 Å². The number of imidazole rings is 1. The number of nitrogens with zero attached hydrogens (tertiary/aromatic N) is 4. The minimum Gasteiger partial charge on any atom is -0.371 e. The number of fused-ring (bicyclic) bond motifs is 1. The van der Waals surface area contributed by atoms with Crippen molar-refractivity contribution in [2.24, 2.45) is 5.92 Å². The Labute approximate surface area is 172 Å². The number of likely N-dealkylation sites (N-methyl/N-ethyl adjacent to an activating group) is 1. The smallest absolute Gasteiger partial charge is 0.227 e. The summed E-state index contributed by atoms with van der Waals surface area (Å²) in [4.78, 5) is 22.0. The Kier molecular flexibility index (Phi) is 5.04. The number of hydrogen-bond acceptors (Lipinski definition) is 4. The Balaban J connectivity index is 1.52. The molecule has 5 rings (SSSR count). The topological polar surface area (TPSA) is 53.4 Å². The summed E-state index contributed by atoms with van der Waals surface area (Å²) < 4.78 is 2.37. The van der Waals surface area contributed by atoms with Gasteiger partial charge in [-0.3, -0.25) is 9.69 Å². The van der Waals surface area contributed by atoms with Gasteiger partial charge in [0.05, 0.1) is 11.9 Å². The van der Waals surface area contributed by atoms with Gasteiger partial charge in [0, 0.05) is 55.6 Å². The molecule has 1 saturated carbocycles. The molecule has 2 aromatic rings. The summed E-state index contributed by atoms with van der Waals surface area (Å²) in [5, 5.41) is 3.14. The van der Waals surface area contributed by atoms with Gasteiger partial charge in [-0.05, 0) is 50.9 Å². The first-order valence-electron chi connectivity index (χ1n) is 11.1. The zero-order valence-electron chi connectivity index (χ0n) is 17.4. The van der Waals surface area contributed by atoms with Gasteiger partial charge in [-0.15, -0.1) is 0 Å². The van der Waals surface area contributed by atoms with E-state index in [0.717, 1.165) is 57.1 Å². The maximum Gasteiger partial charge on any atom is 0.227 e. The molecule has 1 saturated heterocycles. The van der Waals surface area contributed by atoms with E-state index in [9.17, 15) is 4.79 Å². The van der Waals surface area contributed by atoms with Gasteiger partial charge in [-0.1, -0.05) is 12.8 Å². The Bertz CT molecular complexity index is 893. The summed E-state index contributed by atoms with van der Waals surface area (Å²) in [5.74, 6) is 1.45. The van der Waals surface area contributed by atoms with E-state index in [1.165, 1.54) is 42.6 Å². The molecule has 0 radical (unpaired) electrons. The lowest BCUT2D eigenvalue weighted by atomic mass is 10.1. The standard InChI is InChI=1S/C23H31N5O/c1-26-12-13-28-19(16-26)15-24-22(28)20-9-8-18(25-23(29)17-6-7-17)14-21(20)27-10-4-2-3-5-11-27/h8-9,14-15,17H,2-7,10-13,16H2,1H3,(H,25,29). The van der Waals surface area contributed by atoms with Crippen LogP contribution in [-0.4, -0.2) is 47.0 Å². The van der Waals surface area contributed by atoms with Gasteiger partial charge in [0.1, 0.15) is 5.82 Å². The second kappa shape index (κ2) is 7.82. The summed E-state index contributed by atoms with van der Waals surface area (Å²) in [5.41, 5.74) is 4.59. The van der Waals surface area contributed by atoms with Crippen LogP contribution in [0.25, 0.3) is 11.4 Å². The van der Waals surface area contributed by atoms with E-state index in [0.29, 0.717) is 0 Å². The maximum absolute atomic E-state index is 12.3. The van der Waals surface area contributed by atoms with Crippen LogP contribution in [0.5, 0.6) is 0 Å². The third-order valence-corrected chi connectivity index (χ3v) is 6.48. The molecule has 29 heavy (non-hydrogen) atoms. The highest BCUT2D eigenvalue weighted by Crippen LogP contribution is 2.36. The van der Waals surface area contributed by atoms with E-state index >= 15 is 0 Å². The summed E-state index contributed by atoms with van der Waals surface area (Å²) in [6, 6.07) is 6.39. The molecule has 1 aromatic carbocycles. The highest BCUT2D eigenvalue weighted by Gasteiger charge is 2.30. The number of nitrogens with one attached hydrogen (secondary N) is 1. The van der Waals surface area contributed by atoms with Gasteiger partial charge in [0.15, 0.2) is 0 Å². The summed E-state index contributed by atoms with van der Waals surface area (Å²) in [6.45, 7) is 5.11. The van der Waals surface area contributed by atoms with Crippen LogP contribution in [0.3, 0.4) is 0 Å². The molecule has 0 bridgehead atoms. The van der Waals surface area contributed by atoms with Crippen molar-refractivity contribution in [2.75, 3.05) is 36.9 Å². The highest BCUT2D eigenvalue weighted by molar-refractivity contribution is 5.95. The van der Waals surface area contributed by atoms with Crippen molar-refractivity contribution in [1.29, 1.82) is 0 Å². The molecule has 2 aliphatic heterocycles. The maximum atomic E-state index is 12.3. The lowest BCUT2D eigenvalue weighted by Crippen LogP contribution is -2.30. The van der Waals surface area contributed by atoms with Crippen molar-refractivity contribution in [3.63, 3.8) is 0 Å². The normalized spacial score (nSPS) is 20.2. The molecule has 1 N–H and O–H groups in total. The van der Waals surface area contributed by atoms with E-state index in [1.807, 2.05) is 12.3 Å². The van der Waals surface area contributed by atoms with Crippen LogP contribution >= 0.6 is 0 Å². The van der Waals surface area contributed by atoms with Gasteiger partial charge in [0.25, 0.3) is 0 Å². The average molecular weight is 394 g/mol. The zero-order chi connectivity index (χ0) is 19.8. The predicted octanol–water partition coefficient (Wildman–Crippen LogP) is 3.72. The van der Waals surface area contributed by atoms with Crippen molar-refractivity contribution in [2.45, 2.75) is 51.6 Å². The van der Waals surface area contributed by atoms with Crippen molar-refractivity contribution in [1.82, 2.24) is 14.5 Å². The fourth-order valence-electron chi connectivity index (χ4n) is 4.59. The molecule has 6 heteroatoms. The first-order valence-corrected chi connectivity index (χ1v) is 11.1. The lowest BCUT2D eigenvalue weighted by molar-refractivity contribution is -0.117. The number of hydrogen-bond donors (Lipinski definition) is 1. The van der Waals surface area contributed by atoms with E-state index in [-0.39, 0.29) is 11.8 Å². The molecule has 3 aliphatic rings. The number of carbonyl (C=O) groups excluding carboxylic acids is 1. The number of aromatic nitrogens is 2. The second-order valence-electron chi connectivity index (χ2n) is 8.86. The second-order valence-corrected chi connectivity index (χ2v) is 8.86. The van der Waals surface area contributed by atoms with Crippen LogP contribution in [0, 0.1) is 5.92 Å². The SMILES string of the molecule is CN1CCn2c(cnc2-c2ccc(NC(=O)C3CC3)cc2N2CCCCCC2)C1. The largest absolute Gasteiger partial charge is 0.371 e. The molecule has 1 amide bonds. The molecular weight excluding hydrogens is 362 g/mol. The molecule has 2 fully saturated rings. The van der Waals surface area contributed by atoms with Crippen LogP contribution in [0.2, 0.25) is 0 Å². The Hall–Kier alpha value is -2.34. The summed E-state index contributed by atoms with van der Waals surface area (Å²) in [7, 11) is 2.16. The van der Waals surface area contributed by atoms with Crippen molar-refractivity contribution in [3.8, 4) is 11.4 Å². The van der Waals surface area contributed by atoms with Crippen molar-refractivity contribution in [3.05, 3.63) is 30.1 Å². The molecule has 6 nitrogen and oxygen atoms in total. The fraction of sp³-hybridized carbons (Fsp3) is 0.565. The lowest BCUT2D eigenvalue weighted by Gasteiger charge is -2.28. The third kappa shape index (κ3) is 3.90. The Morgan fingerprint density at radius 3 is 2.62 bits per heavy atom. The summed E-state index contributed by atoms with van der Waals surface area (Å²) in [6.07, 6.45) is 9.13. The molecule has 0 unspecified atom stereocenters. The Morgan fingerprint density at radius 1 is 1.07 bits per heavy atom. The number of amides is 1. The van der Waals surface area contributed by atoms with E-state index < -0.39 is 0 Å². The third-order valence-electron chi connectivity index (χ3n) is 6.48. The van der Waals surface area contributed by atoms with Gasteiger partial charge in [-0.25, -0.2) is 4.98 Å². The van der Waals surface area contributed by atoms with Gasteiger partial charge < -0.3 is 14.8 Å². The van der Waals surface area contributed by atoms with Gasteiger partial charge in [-0.2, -0.15) is 0 Å². The molecule has 1 aromatic heterocycles. The van der Waals surface area contributed by atoms with Crippen LogP contribution in [-0.2, 0) is 17.9 Å². The molecular formula is C23H31N5O. The number of benzene rings is 1. The minimum absolute atomic E-state index is 0.167. The van der Waals surface area contributed by atoms with Crippen molar-refractivity contribution < 1.29 is 4.79 Å². The minimum atomic E-state index is 0.167. The molecule has 154 valence electrons. The van der Waals surface area contributed by atoms with Crippen LogP contribution < -0.4 is 10.2 Å². The molecule has 1 aliphatic carbocycles. The molecule has 0 spiro atoms. The fourth-order valence-corrected chi connectivity index (χ4v) is 4.59.